The van der Waals surface area contributed by atoms with Gasteiger partial charge in [-0.05, 0) is 35.7 Å². The topological polar surface area (TPSA) is 69.1 Å². The summed E-state index contributed by atoms with van der Waals surface area (Å²) in [5.41, 5.74) is 3.21. The van der Waals surface area contributed by atoms with Crippen LogP contribution in [0.3, 0.4) is 0 Å². The van der Waals surface area contributed by atoms with E-state index in [0.717, 1.165) is 39.4 Å². The lowest BCUT2D eigenvalue weighted by atomic mass is 10.1. The lowest BCUT2D eigenvalue weighted by molar-refractivity contribution is 0.0341. The molecule has 2 aromatic carbocycles. The summed E-state index contributed by atoms with van der Waals surface area (Å²) in [5.74, 6) is -0.311. The molecule has 1 saturated heterocycles. The molecule has 1 aliphatic rings. The first-order valence-corrected chi connectivity index (χ1v) is 10.0. The highest BCUT2D eigenvalue weighted by molar-refractivity contribution is 14.0. The smallest absolute Gasteiger partial charge is 0.191 e. The van der Waals surface area contributed by atoms with Gasteiger partial charge in [0, 0.05) is 32.7 Å². The molecule has 1 fully saturated rings. The third-order valence-electron chi connectivity index (χ3n) is 4.84. The summed E-state index contributed by atoms with van der Waals surface area (Å²) >= 11 is 0. The second kappa shape index (κ2) is 12.7. The van der Waals surface area contributed by atoms with Gasteiger partial charge in [-0.2, -0.15) is 0 Å². The number of aliphatic imine (C=N–C) groups is 1. The van der Waals surface area contributed by atoms with Gasteiger partial charge in [0.25, 0.3) is 0 Å². The fourth-order valence-corrected chi connectivity index (χ4v) is 3.22. The molecular weight excluding hydrogens is 498 g/mol. The molecule has 1 aliphatic heterocycles. The van der Waals surface area contributed by atoms with E-state index in [1.165, 1.54) is 23.3 Å². The zero-order valence-corrected chi connectivity index (χ0v) is 19.6. The monoisotopic (exact) mass is 528 g/mol. The Morgan fingerprint density at radius 1 is 1.13 bits per heavy atom. The number of aromatic hydroxyl groups is 1. The molecule has 1 heterocycles. The second-order valence-corrected chi connectivity index (χ2v) is 6.99. The molecule has 0 aliphatic carbocycles. The molecule has 0 spiro atoms. The van der Waals surface area contributed by atoms with Crippen LogP contribution in [0.5, 0.6) is 5.75 Å². The zero-order chi connectivity index (χ0) is 20.5. The first kappa shape index (κ1) is 24.4. The van der Waals surface area contributed by atoms with Crippen molar-refractivity contribution in [3.8, 4) is 5.75 Å². The van der Waals surface area contributed by atoms with Crippen molar-refractivity contribution < 1.29 is 14.2 Å². The second-order valence-electron chi connectivity index (χ2n) is 6.99. The van der Waals surface area contributed by atoms with Crippen molar-refractivity contribution in [1.29, 1.82) is 0 Å². The van der Waals surface area contributed by atoms with E-state index in [0.29, 0.717) is 24.6 Å². The van der Waals surface area contributed by atoms with Gasteiger partial charge in [0.1, 0.15) is 0 Å². The Labute approximate surface area is 194 Å². The van der Waals surface area contributed by atoms with Crippen molar-refractivity contribution in [2.24, 2.45) is 4.99 Å². The summed E-state index contributed by atoms with van der Waals surface area (Å²) in [4.78, 5) is 6.94. The van der Waals surface area contributed by atoms with Gasteiger partial charge in [0.05, 0.1) is 19.8 Å². The van der Waals surface area contributed by atoms with Gasteiger partial charge in [-0.15, -0.1) is 24.0 Å². The lowest BCUT2D eigenvalue weighted by Crippen LogP contribution is -2.38. The minimum atomic E-state index is -0.632. The summed E-state index contributed by atoms with van der Waals surface area (Å²) in [6.45, 7) is 8.09. The average Bonchev–Trinajstić information content (AvgIpc) is 2.74. The number of rotatable bonds is 7. The van der Waals surface area contributed by atoms with E-state index < -0.39 is 5.82 Å². The quantitative estimate of drug-likeness (QED) is 0.293. The number of benzene rings is 2. The summed E-state index contributed by atoms with van der Waals surface area (Å²) in [7, 11) is 0. The standard InChI is InChI=1S/C22H29FN4O2.HI/c1-2-24-22(25-14-17-7-8-21(28)20(23)13-17)26-15-18-5-3-4-6-19(18)16-27-9-11-29-12-10-27;/h3-8,13,28H,2,9-12,14-16H2,1H3,(H2,24,25,26);1H. The fraction of sp³-hybridized carbons (Fsp3) is 0.409. The van der Waals surface area contributed by atoms with E-state index >= 15 is 0 Å². The number of halogens is 2. The largest absolute Gasteiger partial charge is 0.505 e. The van der Waals surface area contributed by atoms with Crippen molar-refractivity contribution in [1.82, 2.24) is 15.5 Å². The van der Waals surface area contributed by atoms with Crippen molar-refractivity contribution in [3.05, 3.63) is 65.0 Å². The van der Waals surface area contributed by atoms with Gasteiger partial charge in [-0.25, -0.2) is 9.38 Å². The maximum atomic E-state index is 13.5. The number of hydrogen-bond acceptors (Lipinski definition) is 4. The van der Waals surface area contributed by atoms with Crippen molar-refractivity contribution in [3.63, 3.8) is 0 Å². The van der Waals surface area contributed by atoms with E-state index in [2.05, 4.69) is 38.7 Å². The summed E-state index contributed by atoms with van der Waals surface area (Å²) in [6.07, 6.45) is 0. The van der Waals surface area contributed by atoms with Crippen LogP contribution in [0.2, 0.25) is 0 Å². The lowest BCUT2D eigenvalue weighted by Gasteiger charge is -2.27. The van der Waals surface area contributed by atoms with Crippen molar-refractivity contribution >= 4 is 29.9 Å². The predicted molar refractivity (Wildman–Crippen MR) is 128 cm³/mol. The van der Waals surface area contributed by atoms with E-state index in [-0.39, 0.29) is 29.7 Å². The maximum Gasteiger partial charge on any atom is 0.191 e. The van der Waals surface area contributed by atoms with Crippen LogP contribution < -0.4 is 10.6 Å². The Bertz CT molecular complexity index is 829. The molecule has 3 N–H and O–H groups in total. The zero-order valence-electron chi connectivity index (χ0n) is 17.2. The third-order valence-corrected chi connectivity index (χ3v) is 4.84. The normalized spacial score (nSPS) is 14.8. The molecule has 0 amide bonds. The van der Waals surface area contributed by atoms with Crippen LogP contribution >= 0.6 is 24.0 Å². The fourth-order valence-electron chi connectivity index (χ4n) is 3.22. The van der Waals surface area contributed by atoms with E-state index in [9.17, 15) is 9.50 Å². The van der Waals surface area contributed by atoms with Crippen molar-refractivity contribution in [2.75, 3.05) is 32.8 Å². The van der Waals surface area contributed by atoms with Crippen LogP contribution in [0.25, 0.3) is 0 Å². The van der Waals surface area contributed by atoms with Crippen LogP contribution in [0, 0.1) is 5.82 Å². The molecule has 0 radical (unpaired) electrons. The molecule has 0 unspecified atom stereocenters. The number of ether oxygens (including phenoxy) is 1. The third kappa shape index (κ3) is 7.41. The number of morpholine rings is 1. The molecular formula is C22H30FIN4O2. The van der Waals surface area contributed by atoms with E-state index in [4.69, 9.17) is 4.74 Å². The average molecular weight is 528 g/mol. The van der Waals surface area contributed by atoms with Crippen LogP contribution in [0.1, 0.15) is 23.6 Å². The molecule has 3 rings (SSSR count). The molecule has 0 saturated carbocycles. The molecule has 0 aromatic heterocycles. The summed E-state index contributed by atoms with van der Waals surface area (Å²) in [5, 5.41) is 15.9. The molecule has 8 heteroatoms. The minimum absolute atomic E-state index is 0. The van der Waals surface area contributed by atoms with Gasteiger partial charge in [-0.3, -0.25) is 4.90 Å². The molecule has 6 nitrogen and oxygen atoms in total. The van der Waals surface area contributed by atoms with Crippen LogP contribution in [0.4, 0.5) is 4.39 Å². The number of phenolic OH excluding ortho intramolecular Hbond substituents is 1. The minimum Gasteiger partial charge on any atom is -0.505 e. The van der Waals surface area contributed by atoms with Crippen LogP contribution in [-0.4, -0.2) is 48.8 Å². The van der Waals surface area contributed by atoms with Gasteiger partial charge < -0.3 is 20.5 Å². The molecule has 2 aromatic rings. The Balaban J connectivity index is 0.00000320. The Kier molecular flexibility index (Phi) is 10.3. The Morgan fingerprint density at radius 3 is 2.57 bits per heavy atom. The highest BCUT2D eigenvalue weighted by atomic mass is 127. The van der Waals surface area contributed by atoms with Crippen molar-refractivity contribution in [2.45, 2.75) is 26.6 Å². The molecule has 0 bridgehead atoms. The predicted octanol–water partition coefficient (Wildman–Crippen LogP) is 3.24. The van der Waals surface area contributed by atoms with Gasteiger partial charge in [-0.1, -0.05) is 30.3 Å². The number of hydrogen-bond donors (Lipinski definition) is 3. The highest BCUT2D eigenvalue weighted by Gasteiger charge is 2.13. The van der Waals surface area contributed by atoms with Crippen LogP contribution in [0.15, 0.2) is 47.5 Å². The first-order valence-electron chi connectivity index (χ1n) is 10.0. The van der Waals surface area contributed by atoms with Gasteiger partial charge in [0.15, 0.2) is 17.5 Å². The summed E-state index contributed by atoms with van der Waals surface area (Å²) in [6, 6.07) is 12.7. The molecule has 164 valence electrons. The number of phenols is 1. The van der Waals surface area contributed by atoms with E-state index in [1.807, 2.05) is 13.0 Å². The number of nitrogens with zero attached hydrogens (tertiary/aromatic N) is 2. The summed E-state index contributed by atoms with van der Waals surface area (Å²) < 4.78 is 19.0. The highest BCUT2D eigenvalue weighted by Crippen LogP contribution is 2.17. The maximum absolute atomic E-state index is 13.5. The molecule has 0 atom stereocenters. The van der Waals surface area contributed by atoms with Gasteiger partial charge in [0.2, 0.25) is 0 Å². The van der Waals surface area contributed by atoms with Gasteiger partial charge >= 0.3 is 0 Å². The molecule has 30 heavy (non-hydrogen) atoms. The van der Waals surface area contributed by atoms with Crippen LogP contribution in [-0.2, 0) is 24.4 Å². The number of nitrogens with one attached hydrogen (secondary N) is 2. The first-order chi connectivity index (χ1) is 14.2. The SMILES string of the molecule is CCNC(=NCc1ccc(O)c(F)c1)NCc1ccccc1CN1CCOCC1.I. The number of guanidine groups is 1. The Morgan fingerprint density at radius 2 is 1.87 bits per heavy atom. The van der Waals surface area contributed by atoms with E-state index in [1.54, 1.807) is 6.07 Å². The Hall–Kier alpha value is -1.91.